The van der Waals surface area contributed by atoms with Crippen LogP contribution in [0.2, 0.25) is 0 Å². The van der Waals surface area contributed by atoms with Crippen LogP contribution < -0.4 is 10.2 Å². The van der Waals surface area contributed by atoms with Gasteiger partial charge in [0.2, 0.25) is 0 Å². The van der Waals surface area contributed by atoms with E-state index in [1.807, 2.05) is 0 Å². The van der Waals surface area contributed by atoms with Crippen molar-refractivity contribution in [1.29, 1.82) is 0 Å². The van der Waals surface area contributed by atoms with E-state index in [2.05, 4.69) is 42.4 Å². The van der Waals surface area contributed by atoms with Crippen LogP contribution in [0.15, 0.2) is 80.8 Å². The largest absolute Gasteiger partial charge is 0.422 e. The lowest BCUT2D eigenvalue weighted by Gasteiger charge is -2.08. The lowest BCUT2D eigenvalue weighted by atomic mass is 10.2. The van der Waals surface area contributed by atoms with Gasteiger partial charge in [0.15, 0.2) is 0 Å². The zero-order chi connectivity index (χ0) is 22.4. The van der Waals surface area contributed by atoms with Crippen molar-refractivity contribution >= 4 is 55.6 Å². The minimum Gasteiger partial charge on any atom is -0.422 e. The molecule has 0 spiro atoms. The van der Waals surface area contributed by atoms with Crippen LogP contribution in [-0.4, -0.2) is 23.0 Å². The summed E-state index contributed by atoms with van der Waals surface area (Å²) < 4.78 is 7.02. The Morgan fingerprint density at radius 1 is 0.935 bits per heavy atom. The number of ether oxygens (including phenoxy) is 1. The Labute approximate surface area is 193 Å². The molecular formula is C21H13Br2N3O5. The molecule has 0 radical (unpaired) electrons. The third kappa shape index (κ3) is 6.06. The van der Waals surface area contributed by atoms with E-state index in [0.717, 1.165) is 8.95 Å². The fourth-order valence-corrected chi connectivity index (χ4v) is 3.06. The number of carbonyl (C=O) groups excluding carboxylic acids is 2. The molecule has 0 atom stereocenters. The molecule has 0 aliphatic rings. The number of hydrogen-bond donors (Lipinski definition) is 1. The lowest BCUT2D eigenvalue weighted by molar-refractivity contribution is -0.384. The standard InChI is InChI=1S/C21H13Br2N3O5/c22-16-5-1-14(2-6-16)21(28)31-19-10-7-17(23)11-15(19)12-24-25-20(27)13-3-8-18(9-4-13)26(29)30/h1-12H,(H,25,27)/b24-12+. The number of halogens is 2. The Morgan fingerprint density at radius 3 is 2.19 bits per heavy atom. The van der Waals surface area contributed by atoms with Gasteiger partial charge in [0.1, 0.15) is 5.75 Å². The van der Waals surface area contributed by atoms with Crippen molar-refractivity contribution in [3.8, 4) is 5.75 Å². The molecule has 0 heterocycles. The zero-order valence-electron chi connectivity index (χ0n) is 15.6. The number of nitro groups is 1. The van der Waals surface area contributed by atoms with Crippen molar-refractivity contribution in [3.05, 3.63) is 102 Å². The fraction of sp³-hybridized carbons (Fsp3) is 0. The molecule has 0 fully saturated rings. The zero-order valence-corrected chi connectivity index (χ0v) is 18.8. The second-order valence-corrected chi connectivity index (χ2v) is 7.91. The first-order valence-corrected chi connectivity index (χ1v) is 10.3. The molecule has 156 valence electrons. The van der Waals surface area contributed by atoms with Crippen molar-refractivity contribution in [2.45, 2.75) is 0 Å². The van der Waals surface area contributed by atoms with Gasteiger partial charge in [0.05, 0.1) is 16.7 Å². The number of nitrogens with zero attached hydrogens (tertiary/aromatic N) is 2. The molecule has 0 aliphatic heterocycles. The maximum atomic E-state index is 12.4. The molecule has 31 heavy (non-hydrogen) atoms. The minimum absolute atomic E-state index is 0.119. The number of esters is 1. The van der Waals surface area contributed by atoms with Crippen LogP contribution >= 0.6 is 31.9 Å². The third-order valence-electron chi connectivity index (χ3n) is 3.96. The van der Waals surface area contributed by atoms with Crippen molar-refractivity contribution in [2.75, 3.05) is 0 Å². The van der Waals surface area contributed by atoms with Gasteiger partial charge >= 0.3 is 5.97 Å². The van der Waals surface area contributed by atoms with E-state index in [0.29, 0.717) is 11.1 Å². The summed E-state index contributed by atoms with van der Waals surface area (Å²) in [5.74, 6) is -0.835. The maximum Gasteiger partial charge on any atom is 0.343 e. The van der Waals surface area contributed by atoms with Crippen LogP contribution in [0, 0.1) is 10.1 Å². The van der Waals surface area contributed by atoms with Gasteiger partial charge in [-0.15, -0.1) is 0 Å². The SMILES string of the molecule is O=C(N/N=C/c1cc(Br)ccc1OC(=O)c1ccc(Br)cc1)c1ccc([N+](=O)[O-])cc1. The van der Waals surface area contributed by atoms with E-state index >= 15 is 0 Å². The lowest BCUT2D eigenvalue weighted by Crippen LogP contribution is -2.17. The van der Waals surface area contributed by atoms with E-state index in [4.69, 9.17) is 4.74 Å². The van der Waals surface area contributed by atoms with Gasteiger partial charge in [-0.2, -0.15) is 5.10 Å². The van der Waals surface area contributed by atoms with Gasteiger partial charge in [0.25, 0.3) is 11.6 Å². The minimum atomic E-state index is -0.551. The molecule has 0 aliphatic carbocycles. The van der Waals surface area contributed by atoms with E-state index in [1.54, 1.807) is 42.5 Å². The molecule has 1 amide bonds. The Hall–Kier alpha value is -3.37. The number of nitro benzene ring substituents is 1. The number of hydrazone groups is 1. The van der Waals surface area contributed by atoms with E-state index < -0.39 is 16.8 Å². The van der Waals surface area contributed by atoms with E-state index in [1.165, 1.54) is 30.5 Å². The summed E-state index contributed by atoms with van der Waals surface area (Å²) in [5.41, 5.74) is 3.25. The molecule has 10 heteroatoms. The number of hydrogen-bond acceptors (Lipinski definition) is 6. The Morgan fingerprint density at radius 2 is 1.55 bits per heavy atom. The summed E-state index contributed by atoms with van der Waals surface area (Å²) >= 11 is 6.65. The van der Waals surface area contributed by atoms with Gasteiger partial charge in [-0.05, 0) is 54.6 Å². The highest BCUT2D eigenvalue weighted by Crippen LogP contribution is 2.23. The summed E-state index contributed by atoms with van der Waals surface area (Å²) in [4.78, 5) is 34.7. The third-order valence-corrected chi connectivity index (χ3v) is 4.99. The van der Waals surface area contributed by atoms with Gasteiger partial charge in [-0.1, -0.05) is 31.9 Å². The van der Waals surface area contributed by atoms with Crippen LogP contribution in [0.3, 0.4) is 0 Å². The molecule has 3 aromatic carbocycles. The molecule has 3 aromatic rings. The van der Waals surface area contributed by atoms with E-state index in [-0.39, 0.29) is 17.0 Å². The molecular weight excluding hydrogens is 534 g/mol. The van der Waals surface area contributed by atoms with E-state index in [9.17, 15) is 19.7 Å². The van der Waals surface area contributed by atoms with Gasteiger partial charge in [-0.25, -0.2) is 10.2 Å². The monoisotopic (exact) mass is 545 g/mol. The molecule has 8 nitrogen and oxygen atoms in total. The topological polar surface area (TPSA) is 111 Å². The smallest absolute Gasteiger partial charge is 0.343 e. The number of benzene rings is 3. The highest BCUT2D eigenvalue weighted by Gasteiger charge is 2.12. The predicted molar refractivity (Wildman–Crippen MR) is 121 cm³/mol. The average molecular weight is 547 g/mol. The Kier molecular flexibility index (Phi) is 7.27. The molecule has 0 aromatic heterocycles. The molecule has 3 rings (SSSR count). The average Bonchev–Trinajstić information content (AvgIpc) is 2.76. The van der Waals surface area contributed by atoms with Gasteiger partial charge < -0.3 is 4.74 Å². The summed E-state index contributed by atoms with van der Waals surface area (Å²) in [6, 6.07) is 16.8. The highest BCUT2D eigenvalue weighted by atomic mass is 79.9. The first-order chi connectivity index (χ1) is 14.8. The highest BCUT2D eigenvalue weighted by molar-refractivity contribution is 9.10. The Balaban J connectivity index is 1.71. The van der Waals surface area contributed by atoms with Gasteiger partial charge in [0, 0.05) is 32.2 Å². The van der Waals surface area contributed by atoms with Crippen molar-refractivity contribution in [3.63, 3.8) is 0 Å². The van der Waals surface area contributed by atoms with Gasteiger partial charge in [-0.3, -0.25) is 14.9 Å². The summed E-state index contributed by atoms with van der Waals surface area (Å²) in [6.07, 6.45) is 1.33. The quantitative estimate of drug-likeness (QED) is 0.152. The first kappa shape index (κ1) is 22.3. The maximum absolute atomic E-state index is 12.4. The number of amides is 1. The normalized spacial score (nSPS) is 10.6. The predicted octanol–water partition coefficient (Wildman–Crippen LogP) is 5.10. The molecule has 0 saturated carbocycles. The second-order valence-electron chi connectivity index (χ2n) is 6.08. The number of rotatable bonds is 6. The first-order valence-electron chi connectivity index (χ1n) is 8.68. The van der Waals surface area contributed by atoms with Crippen molar-refractivity contribution < 1.29 is 19.2 Å². The van der Waals surface area contributed by atoms with Crippen molar-refractivity contribution in [2.24, 2.45) is 5.10 Å². The van der Waals surface area contributed by atoms with Crippen LogP contribution in [0.5, 0.6) is 5.75 Å². The van der Waals surface area contributed by atoms with Crippen LogP contribution in [0.1, 0.15) is 26.3 Å². The van der Waals surface area contributed by atoms with Crippen LogP contribution in [-0.2, 0) is 0 Å². The molecule has 0 unspecified atom stereocenters. The number of non-ortho nitro benzene ring substituents is 1. The summed E-state index contributed by atoms with van der Waals surface area (Å²) in [5, 5.41) is 14.6. The van der Waals surface area contributed by atoms with Crippen LogP contribution in [0.4, 0.5) is 5.69 Å². The van der Waals surface area contributed by atoms with Crippen LogP contribution in [0.25, 0.3) is 0 Å². The number of carbonyl (C=O) groups is 2. The second kappa shape index (κ2) is 10.1. The summed E-state index contributed by atoms with van der Waals surface area (Å²) in [6.45, 7) is 0. The summed E-state index contributed by atoms with van der Waals surface area (Å²) in [7, 11) is 0. The molecule has 0 saturated heterocycles. The molecule has 1 N–H and O–H groups in total. The fourth-order valence-electron chi connectivity index (χ4n) is 2.42. The Bertz CT molecular complexity index is 1160. The number of nitrogens with one attached hydrogen (secondary N) is 1. The molecule has 0 bridgehead atoms. The van der Waals surface area contributed by atoms with Crippen molar-refractivity contribution in [1.82, 2.24) is 5.43 Å².